The van der Waals surface area contributed by atoms with Crippen molar-refractivity contribution < 1.29 is 37.0 Å². The molecule has 0 N–H and O–H groups in total. The van der Waals surface area contributed by atoms with Crippen molar-refractivity contribution in [2.24, 2.45) is 5.16 Å². The highest BCUT2D eigenvalue weighted by Gasteiger charge is 2.30. The lowest BCUT2D eigenvalue weighted by Gasteiger charge is -2.14. The van der Waals surface area contributed by atoms with Crippen molar-refractivity contribution in [3.63, 3.8) is 0 Å². The number of nitrogens with zero attached hydrogens (tertiary/aromatic N) is 1. The molecule has 0 aromatic heterocycles. The first-order chi connectivity index (χ1) is 14.2. The number of halogens is 3. The van der Waals surface area contributed by atoms with Gasteiger partial charge < -0.3 is 19.0 Å². The lowest BCUT2D eigenvalue weighted by atomic mass is 10.2. The molecule has 0 radical (unpaired) electrons. The molecule has 6 nitrogen and oxygen atoms in total. The molecule has 0 heterocycles. The Morgan fingerprint density at radius 1 is 1.00 bits per heavy atom. The van der Waals surface area contributed by atoms with Gasteiger partial charge in [-0.05, 0) is 68.8 Å². The molecule has 162 valence electrons. The summed E-state index contributed by atoms with van der Waals surface area (Å²) in [6.07, 6.45) is -4.55. The molecule has 0 saturated carbocycles. The quantitative estimate of drug-likeness (QED) is 0.173. The summed E-state index contributed by atoms with van der Waals surface area (Å²) in [6.45, 7) is 4.92. The van der Waals surface area contributed by atoms with Gasteiger partial charge in [0.15, 0.2) is 6.10 Å². The molecule has 30 heavy (non-hydrogen) atoms. The van der Waals surface area contributed by atoms with Gasteiger partial charge in [-0.1, -0.05) is 12.1 Å². The third kappa shape index (κ3) is 7.31. The van der Waals surface area contributed by atoms with Gasteiger partial charge in [-0.2, -0.15) is 13.2 Å². The topological polar surface area (TPSA) is 66.4 Å². The molecular formula is C21H22F3NO5. The number of rotatable bonds is 9. The van der Waals surface area contributed by atoms with Crippen LogP contribution in [0.4, 0.5) is 13.2 Å². The zero-order valence-corrected chi connectivity index (χ0v) is 16.7. The Hall–Kier alpha value is -3.23. The average molecular weight is 425 g/mol. The minimum Gasteiger partial charge on any atom is -0.479 e. The van der Waals surface area contributed by atoms with Gasteiger partial charge in [-0.25, -0.2) is 4.79 Å². The fourth-order valence-corrected chi connectivity index (χ4v) is 2.09. The second-order valence-electron chi connectivity index (χ2n) is 6.25. The zero-order valence-electron chi connectivity index (χ0n) is 16.7. The Morgan fingerprint density at radius 3 is 2.07 bits per heavy atom. The van der Waals surface area contributed by atoms with E-state index < -0.39 is 23.8 Å². The van der Waals surface area contributed by atoms with E-state index in [1.165, 1.54) is 19.1 Å². The molecule has 0 aliphatic carbocycles. The largest absolute Gasteiger partial charge is 0.479 e. The molecule has 0 aliphatic rings. The van der Waals surface area contributed by atoms with E-state index in [-0.39, 0.29) is 12.5 Å². The predicted octanol–water partition coefficient (Wildman–Crippen LogP) is 5.57. The maximum atomic E-state index is 12.6. The highest BCUT2D eigenvalue weighted by Crippen LogP contribution is 2.31. The van der Waals surface area contributed by atoms with Gasteiger partial charge in [0, 0.05) is 0 Å². The van der Waals surface area contributed by atoms with Crippen LogP contribution in [0.1, 0.15) is 32.8 Å². The van der Waals surface area contributed by atoms with Gasteiger partial charge in [0.1, 0.15) is 17.2 Å². The van der Waals surface area contributed by atoms with Crippen molar-refractivity contribution in [1.82, 2.24) is 0 Å². The standard InChI is InChI=1S/C21H22F3NO5/c1-4-14(2)25-28-13-27-20(26)15(3)29-17-9-11-19(12-10-17)30-18-7-5-16(6-8-18)21(22,23)24/h5-12,15H,4,13H2,1-3H3. The van der Waals surface area contributed by atoms with Gasteiger partial charge in [0.05, 0.1) is 11.3 Å². The second-order valence-corrected chi connectivity index (χ2v) is 6.25. The van der Waals surface area contributed by atoms with E-state index in [2.05, 4.69) is 5.16 Å². The maximum Gasteiger partial charge on any atom is 0.416 e. The number of carbonyl (C=O) groups excluding carboxylic acids is 1. The molecule has 0 saturated heterocycles. The molecule has 0 aliphatic heterocycles. The molecule has 0 fully saturated rings. The van der Waals surface area contributed by atoms with Crippen LogP contribution in [-0.2, 0) is 20.5 Å². The number of carbonyl (C=O) groups is 1. The number of alkyl halides is 3. The van der Waals surface area contributed by atoms with Gasteiger partial charge >= 0.3 is 12.1 Å². The monoisotopic (exact) mass is 425 g/mol. The molecule has 0 bridgehead atoms. The van der Waals surface area contributed by atoms with Crippen LogP contribution >= 0.6 is 0 Å². The minimum absolute atomic E-state index is 0.259. The molecule has 0 amide bonds. The molecule has 1 unspecified atom stereocenters. The van der Waals surface area contributed by atoms with E-state index in [9.17, 15) is 18.0 Å². The van der Waals surface area contributed by atoms with E-state index >= 15 is 0 Å². The Morgan fingerprint density at radius 2 is 1.53 bits per heavy atom. The van der Waals surface area contributed by atoms with E-state index in [0.717, 1.165) is 24.3 Å². The van der Waals surface area contributed by atoms with E-state index in [0.29, 0.717) is 11.5 Å². The normalized spacial score (nSPS) is 12.8. The molecule has 0 spiro atoms. The van der Waals surface area contributed by atoms with Crippen molar-refractivity contribution in [3.05, 3.63) is 54.1 Å². The number of esters is 1. The number of oxime groups is 1. The highest BCUT2D eigenvalue weighted by molar-refractivity contribution is 5.80. The Labute approximate surface area is 172 Å². The van der Waals surface area contributed by atoms with Crippen molar-refractivity contribution >= 4 is 11.7 Å². The lowest BCUT2D eigenvalue weighted by Crippen LogP contribution is -2.26. The average Bonchev–Trinajstić information content (AvgIpc) is 2.72. The summed E-state index contributed by atoms with van der Waals surface area (Å²) < 4.78 is 53.7. The Balaban J connectivity index is 1.84. The van der Waals surface area contributed by atoms with Crippen molar-refractivity contribution in [2.45, 2.75) is 39.5 Å². The van der Waals surface area contributed by atoms with Crippen LogP contribution in [0.3, 0.4) is 0 Å². The summed E-state index contributed by atoms with van der Waals surface area (Å²) in [5.74, 6) is 0.425. The molecule has 2 aromatic rings. The SMILES string of the molecule is CCC(C)=NOCOC(=O)C(C)Oc1ccc(Oc2ccc(C(F)(F)F)cc2)cc1. The van der Waals surface area contributed by atoms with E-state index in [1.54, 1.807) is 31.2 Å². The fourth-order valence-electron chi connectivity index (χ4n) is 2.09. The fraction of sp³-hybridized carbons (Fsp3) is 0.333. The number of benzene rings is 2. The van der Waals surface area contributed by atoms with Gasteiger partial charge in [0.25, 0.3) is 6.79 Å². The van der Waals surface area contributed by atoms with E-state index in [1.807, 2.05) is 6.92 Å². The third-order valence-corrected chi connectivity index (χ3v) is 3.87. The lowest BCUT2D eigenvalue weighted by molar-refractivity contribution is -0.163. The van der Waals surface area contributed by atoms with Gasteiger partial charge in [-0.3, -0.25) is 0 Å². The Kier molecular flexibility index (Phi) is 8.08. The summed E-state index contributed by atoms with van der Waals surface area (Å²) in [7, 11) is 0. The maximum absolute atomic E-state index is 12.6. The minimum atomic E-state index is -4.40. The molecule has 9 heteroatoms. The molecule has 2 rings (SSSR count). The van der Waals surface area contributed by atoms with Crippen LogP contribution in [0, 0.1) is 0 Å². The van der Waals surface area contributed by atoms with Crippen LogP contribution in [0.5, 0.6) is 17.2 Å². The molecular weight excluding hydrogens is 403 g/mol. The van der Waals surface area contributed by atoms with Crippen LogP contribution in [0.25, 0.3) is 0 Å². The highest BCUT2D eigenvalue weighted by atomic mass is 19.4. The summed E-state index contributed by atoms with van der Waals surface area (Å²) in [4.78, 5) is 16.8. The summed E-state index contributed by atoms with van der Waals surface area (Å²) in [6, 6.07) is 10.6. The summed E-state index contributed by atoms with van der Waals surface area (Å²) in [5, 5.41) is 3.75. The first kappa shape index (κ1) is 23.1. The Bertz CT molecular complexity index is 848. The smallest absolute Gasteiger partial charge is 0.416 e. The second kappa shape index (κ2) is 10.5. The molecule has 1 atom stereocenters. The zero-order chi connectivity index (χ0) is 22.1. The molecule has 2 aromatic carbocycles. The first-order valence-electron chi connectivity index (χ1n) is 9.13. The summed E-state index contributed by atoms with van der Waals surface area (Å²) >= 11 is 0. The van der Waals surface area contributed by atoms with Crippen LogP contribution < -0.4 is 9.47 Å². The van der Waals surface area contributed by atoms with Crippen LogP contribution in [0.15, 0.2) is 53.7 Å². The van der Waals surface area contributed by atoms with Crippen molar-refractivity contribution in [1.29, 1.82) is 0 Å². The predicted molar refractivity (Wildman–Crippen MR) is 103 cm³/mol. The number of ether oxygens (including phenoxy) is 3. The number of hydrogen-bond donors (Lipinski definition) is 0. The van der Waals surface area contributed by atoms with Gasteiger partial charge in [0.2, 0.25) is 0 Å². The van der Waals surface area contributed by atoms with Crippen molar-refractivity contribution in [3.8, 4) is 17.2 Å². The van der Waals surface area contributed by atoms with Gasteiger partial charge in [-0.15, -0.1) is 0 Å². The summed E-state index contributed by atoms with van der Waals surface area (Å²) in [5.41, 5.74) is 0.0196. The van der Waals surface area contributed by atoms with E-state index in [4.69, 9.17) is 19.0 Å². The first-order valence-corrected chi connectivity index (χ1v) is 9.13. The van der Waals surface area contributed by atoms with Crippen molar-refractivity contribution in [2.75, 3.05) is 6.79 Å². The third-order valence-electron chi connectivity index (χ3n) is 3.87. The van der Waals surface area contributed by atoms with Crippen LogP contribution in [0.2, 0.25) is 0 Å². The number of hydrogen-bond acceptors (Lipinski definition) is 6. The van der Waals surface area contributed by atoms with Crippen LogP contribution in [-0.4, -0.2) is 24.6 Å².